The maximum atomic E-state index is 4.28. The molecule has 0 saturated carbocycles. The van der Waals surface area contributed by atoms with Crippen LogP contribution < -0.4 is 0 Å². The average Bonchev–Trinajstić information content (AvgIpc) is 2.55. The molecule has 0 bridgehead atoms. The van der Waals surface area contributed by atoms with Gasteiger partial charge in [0.05, 0.1) is 11.4 Å². The smallest absolute Gasteiger partial charge is 0.119 e. The Hall–Kier alpha value is -2.27. The third-order valence-electron chi connectivity index (χ3n) is 2.71. The van der Waals surface area contributed by atoms with E-state index in [0.717, 1.165) is 27.7 Å². The minimum Gasteiger partial charge on any atom is -0.265 e. The summed E-state index contributed by atoms with van der Waals surface area (Å²) in [7, 11) is 0. The van der Waals surface area contributed by atoms with Gasteiger partial charge in [-0.3, -0.25) is 9.97 Å². The maximum absolute atomic E-state index is 4.28. The molecule has 0 amide bonds. The first-order valence-electron chi connectivity index (χ1n) is 6.19. The van der Waals surface area contributed by atoms with E-state index in [4.69, 9.17) is 0 Å². The molecule has 3 aromatic rings. The second-order valence-corrected chi connectivity index (χ2v) is 5.10. The van der Waals surface area contributed by atoms with Crippen molar-refractivity contribution in [2.75, 3.05) is 0 Å². The number of thioether (sulfide) groups is 1. The van der Waals surface area contributed by atoms with Crippen LogP contribution in [0.2, 0.25) is 0 Å². The predicted molar refractivity (Wildman–Crippen MR) is 79.1 cm³/mol. The van der Waals surface area contributed by atoms with E-state index in [1.165, 1.54) is 0 Å². The molecule has 3 rings (SSSR count). The molecule has 0 radical (unpaired) electrons. The number of nitrogens with zero attached hydrogens (tertiary/aromatic N) is 4. The van der Waals surface area contributed by atoms with Gasteiger partial charge in [-0.25, -0.2) is 0 Å². The van der Waals surface area contributed by atoms with Crippen LogP contribution in [-0.2, 0) is 5.75 Å². The largest absolute Gasteiger partial charge is 0.265 e. The van der Waals surface area contributed by atoms with Crippen LogP contribution in [0.5, 0.6) is 0 Å². The molecule has 0 unspecified atom stereocenters. The second-order valence-electron chi connectivity index (χ2n) is 4.10. The Balaban J connectivity index is 1.68. The lowest BCUT2D eigenvalue weighted by Crippen LogP contribution is -1.91. The molecule has 3 aromatic heterocycles. The zero-order valence-electron chi connectivity index (χ0n) is 10.7. The summed E-state index contributed by atoms with van der Waals surface area (Å²) in [5.74, 6) is 0.796. The Labute approximate surface area is 121 Å². The van der Waals surface area contributed by atoms with E-state index in [-0.39, 0.29) is 0 Å². The second kappa shape index (κ2) is 6.25. The third kappa shape index (κ3) is 3.19. The first-order valence-corrected chi connectivity index (χ1v) is 7.17. The van der Waals surface area contributed by atoms with Crippen molar-refractivity contribution >= 4 is 11.8 Å². The quantitative estimate of drug-likeness (QED) is 0.687. The summed E-state index contributed by atoms with van der Waals surface area (Å²) in [6.45, 7) is 0. The monoisotopic (exact) mass is 280 g/mol. The van der Waals surface area contributed by atoms with Crippen LogP contribution in [0.3, 0.4) is 0 Å². The van der Waals surface area contributed by atoms with Gasteiger partial charge in [-0.15, -0.1) is 10.2 Å². The predicted octanol–water partition coefficient (Wildman–Crippen LogP) is 3.23. The summed E-state index contributed by atoms with van der Waals surface area (Å²) in [6.07, 6.45) is 5.30. The molecule has 0 aliphatic carbocycles. The van der Waals surface area contributed by atoms with Crippen LogP contribution in [0.1, 0.15) is 5.69 Å². The lowest BCUT2D eigenvalue weighted by atomic mass is 10.2. The van der Waals surface area contributed by atoms with Crippen LogP contribution in [-0.4, -0.2) is 20.2 Å². The number of aromatic nitrogens is 4. The van der Waals surface area contributed by atoms with Gasteiger partial charge < -0.3 is 0 Å². The Kier molecular flexibility index (Phi) is 3.99. The van der Waals surface area contributed by atoms with Crippen LogP contribution in [0, 0.1) is 0 Å². The molecule has 4 nitrogen and oxygen atoms in total. The van der Waals surface area contributed by atoms with E-state index in [1.54, 1.807) is 30.4 Å². The fourth-order valence-electron chi connectivity index (χ4n) is 1.71. The third-order valence-corrected chi connectivity index (χ3v) is 3.66. The average molecular weight is 280 g/mol. The summed E-state index contributed by atoms with van der Waals surface area (Å²) in [5, 5.41) is 9.37. The molecule has 3 heterocycles. The highest BCUT2D eigenvalue weighted by Gasteiger charge is 2.02. The van der Waals surface area contributed by atoms with Crippen molar-refractivity contribution < 1.29 is 0 Å². The fraction of sp³-hybridized carbons (Fsp3) is 0.0667. The Bertz CT molecular complexity index is 656. The van der Waals surface area contributed by atoms with Gasteiger partial charge in [0.2, 0.25) is 0 Å². The molecular weight excluding hydrogens is 268 g/mol. The SMILES string of the molecule is c1ccc(CSc2ccc(-c3ccncc3)nn2)nc1. The van der Waals surface area contributed by atoms with Crippen molar-refractivity contribution in [2.45, 2.75) is 10.8 Å². The van der Waals surface area contributed by atoms with Crippen molar-refractivity contribution in [2.24, 2.45) is 0 Å². The number of hydrogen-bond donors (Lipinski definition) is 0. The fourth-order valence-corrected chi connectivity index (χ4v) is 2.43. The molecule has 0 aliphatic rings. The summed E-state index contributed by atoms with van der Waals surface area (Å²) in [5.41, 5.74) is 2.92. The van der Waals surface area contributed by atoms with Gasteiger partial charge in [0.25, 0.3) is 0 Å². The van der Waals surface area contributed by atoms with Crippen LogP contribution in [0.4, 0.5) is 0 Å². The van der Waals surface area contributed by atoms with Crippen LogP contribution >= 0.6 is 11.8 Å². The Morgan fingerprint density at radius 3 is 2.45 bits per heavy atom. The molecular formula is C15H12N4S. The lowest BCUT2D eigenvalue weighted by molar-refractivity contribution is 0.934. The molecule has 0 N–H and O–H groups in total. The van der Waals surface area contributed by atoms with E-state index in [9.17, 15) is 0 Å². The first kappa shape index (κ1) is 12.7. The summed E-state index contributed by atoms with van der Waals surface area (Å²) in [6, 6.07) is 13.7. The van der Waals surface area contributed by atoms with E-state index < -0.39 is 0 Å². The van der Waals surface area contributed by atoms with Gasteiger partial charge in [0.1, 0.15) is 5.03 Å². The molecule has 0 aliphatic heterocycles. The summed E-state index contributed by atoms with van der Waals surface area (Å²) < 4.78 is 0. The lowest BCUT2D eigenvalue weighted by Gasteiger charge is -2.02. The topological polar surface area (TPSA) is 51.6 Å². The standard InChI is InChI=1S/C15H12N4S/c1-2-8-17-13(3-1)11-20-15-5-4-14(18-19-15)12-6-9-16-10-7-12/h1-10H,11H2. The number of hydrogen-bond acceptors (Lipinski definition) is 5. The highest BCUT2D eigenvalue weighted by Crippen LogP contribution is 2.21. The molecule has 0 aromatic carbocycles. The summed E-state index contributed by atoms with van der Waals surface area (Å²) in [4.78, 5) is 8.28. The van der Waals surface area contributed by atoms with E-state index in [0.29, 0.717) is 0 Å². The molecule has 5 heteroatoms. The van der Waals surface area contributed by atoms with E-state index in [1.807, 2.05) is 42.5 Å². The van der Waals surface area contributed by atoms with E-state index in [2.05, 4.69) is 20.2 Å². The van der Waals surface area contributed by atoms with Crippen molar-refractivity contribution in [3.63, 3.8) is 0 Å². The van der Waals surface area contributed by atoms with Crippen molar-refractivity contribution in [1.82, 2.24) is 20.2 Å². The van der Waals surface area contributed by atoms with Gasteiger partial charge in [-0.05, 0) is 36.4 Å². The van der Waals surface area contributed by atoms with Gasteiger partial charge in [-0.1, -0.05) is 17.8 Å². The highest BCUT2D eigenvalue weighted by atomic mass is 32.2. The molecule has 0 fully saturated rings. The molecule has 0 saturated heterocycles. The van der Waals surface area contributed by atoms with Crippen LogP contribution in [0.25, 0.3) is 11.3 Å². The minimum atomic E-state index is 0.796. The highest BCUT2D eigenvalue weighted by molar-refractivity contribution is 7.98. The van der Waals surface area contributed by atoms with Crippen LogP contribution in [0.15, 0.2) is 66.1 Å². The van der Waals surface area contributed by atoms with Gasteiger partial charge >= 0.3 is 0 Å². The molecule has 0 atom stereocenters. The molecule has 0 spiro atoms. The Morgan fingerprint density at radius 1 is 0.850 bits per heavy atom. The number of rotatable bonds is 4. The minimum absolute atomic E-state index is 0.796. The summed E-state index contributed by atoms with van der Waals surface area (Å²) >= 11 is 1.63. The van der Waals surface area contributed by atoms with Crippen molar-refractivity contribution in [1.29, 1.82) is 0 Å². The zero-order valence-corrected chi connectivity index (χ0v) is 11.5. The normalized spacial score (nSPS) is 10.4. The van der Waals surface area contributed by atoms with E-state index >= 15 is 0 Å². The van der Waals surface area contributed by atoms with Crippen molar-refractivity contribution in [3.05, 3.63) is 66.7 Å². The maximum Gasteiger partial charge on any atom is 0.119 e. The Morgan fingerprint density at radius 2 is 1.75 bits per heavy atom. The van der Waals surface area contributed by atoms with Gasteiger partial charge in [0, 0.05) is 29.9 Å². The van der Waals surface area contributed by atoms with Gasteiger partial charge in [0.15, 0.2) is 0 Å². The molecule has 98 valence electrons. The zero-order chi connectivity index (χ0) is 13.6. The number of pyridine rings is 2. The molecule has 20 heavy (non-hydrogen) atoms. The van der Waals surface area contributed by atoms with Crippen molar-refractivity contribution in [3.8, 4) is 11.3 Å². The first-order chi connectivity index (χ1) is 9.92. The van der Waals surface area contributed by atoms with Gasteiger partial charge in [-0.2, -0.15) is 0 Å².